The maximum Gasteiger partial charge on any atom is 0.313 e. The Bertz CT molecular complexity index is 216. The van der Waals surface area contributed by atoms with Crippen LogP contribution in [0.2, 0.25) is 0 Å². The molecular formula is C9H14O4. The van der Waals surface area contributed by atoms with Gasteiger partial charge in [-0.05, 0) is 12.8 Å². The van der Waals surface area contributed by atoms with Crippen molar-refractivity contribution < 1.29 is 19.4 Å². The minimum Gasteiger partial charge on any atom is -0.469 e. The molecule has 2 aliphatic heterocycles. The topological polar surface area (TPSA) is 55.8 Å². The summed E-state index contributed by atoms with van der Waals surface area (Å²) in [5.74, 6) is -0.818. The molecule has 0 unspecified atom stereocenters. The van der Waals surface area contributed by atoms with Crippen LogP contribution in [0.4, 0.5) is 0 Å². The number of aliphatic hydroxyl groups is 1. The van der Waals surface area contributed by atoms with Crippen molar-refractivity contribution in [3.8, 4) is 0 Å². The van der Waals surface area contributed by atoms with Gasteiger partial charge in [-0.2, -0.15) is 0 Å². The van der Waals surface area contributed by atoms with Crippen LogP contribution in [0.1, 0.15) is 19.3 Å². The lowest BCUT2D eigenvalue weighted by atomic mass is 9.92. The number of rotatable bonds is 1. The second-order valence-corrected chi connectivity index (χ2v) is 3.73. The van der Waals surface area contributed by atoms with Gasteiger partial charge < -0.3 is 14.6 Å². The minimum absolute atomic E-state index is 0.124. The molecule has 2 fully saturated rings. The van der Waals surface area contributed by atoms with Gasteiger partial charge in [0.1, 0.15) is 5.92 Å². The van der Waals surface area contributed by atoms with Crippen molar-refractivity contribution in [1.82, 2.24) is 0 Å². The first-order valence-electron chi connectivity index (χ1n) is 4.63. The summed E-state index contributed by atoms with van der Waals surface area (Å²) in [4.78, 5) is 11.3. The highest BCUT2D eigenvalue weighted by molar-refractivity contribution is 5.74. The molecule has 0 spiro atoms. The fourth-order valence-corrected chi connectivity index (χ4v) is 2.28. The summed E-state index contributed by atoms with van der Waals surface area (Å²) in [5, 5.41) is 9.67. The van der Waals surface area contributed by atoms with E-state index in [0.717, 1.165) is 12.8 Å². The van der Waals surface area contributed by atoms with Gasteiger partial charge in [0.25, 0.3) is 0 Å². The molecule has 74 valence electrons. The highest BCUT2D eigenvalue weighted by Gasteiger charge is 2.46. The molecule has 4 atom stereocenters. The largest absolute Gasteiger partial charge is 0.469 e. The SMILES string of the molecule is COC(=O)[C@@H]1[C@@H](O)C[C@@H]2CC[C@H]1O2. The molecule has 0 aromatic heterocycles. The Morgan fingerprint density at radius 1 is 1.54 bits per heavy atom. The third kappa shape index (κ3) is 1.44. The van der Waals surface area contributed by atoms with Crippen molar-refractivity contribution in [2.75, 3.05) is 7.11 Å². The van der Waals surface area contributed by atoms with Gasteiger partial charge in [-0.25, -0.2) is 0 Å². The van der Waals surface area contributed by atoms with Crippen molar-refractivity contribution in [3.63, 3.8) is 0 Å². The van der Waals surface area contributed by atoms with Crippen LogP contribution < -0.4 is 0 Å². The molecule has 2 heterocycles. The molecule has 2 aliphatic rings. The lowest BCUT2D eigenvalue weighted by Crippen LogP contribution is -2.43. The number of methoxy groups -OCH3 is 1. The average molecular weight is 186 g/mol. The summed E-state index contributed by atoms with van der Waals surface area (Å²) >= 11 is 0. The zero-order valence-electron chi connectivity index (χ0n) is 7.60. The van der Waals surface area contributed by atoms with E-state index in [4.69, 9.17) is 4.74 Å². The quantitative estimate of drug-likeness (QED) is 0.589. The molecule has 2 rings (SSSR count). The molecular weight excluding hydrogens is 172 g/mol. The van der Waals surface area contributed by atoms with E-state index in [1.54, 1.807) is 0 Å². The lowest BCUT2D eigenvalue weighted by Gasteiger charge is -2.31. The number of hydrogen-bond donors (Lipinski definition) is 1. The number of hydrogen-bond acceptors (Lipinski definition) is 4. The maximum atomic E-state index is 11.3. The first kappa shape index (κ1) is 8.97. The summed E-state index contributed by atoms with van der Waals surface area (Å²) in [7, 11) is 1.34. The molecule has 2 saturated heterocycles. The number of aliphatic hydroxyl groups excluding tert-OH is 1. The Kier molecular flexibility index (Phi) is 2.26. The fourth-order valence-electron chi connectivity index (χ4n) is 2.28. The van der Waals surface area contributed by atoms with E-state index in [1.807, 2.05) is 0 Å². The standard InChI is InChI=1S/C9H14O4/c1-12-9(11)8-6(10)4-5-2-3-7(8)13-5/h5-8,10H,2-4H2,1H3/t5-,6-,7+,8+/m0/s1. The summed E-state index contributed by atoms with van der Waals surface area (Å²) in [6.07, 6.45) is 1.83. The van der Waals surface area contributed by atoms with Crippen molar-refractivity contribution in [1.29, 1.82) is 0 Å². The molecule has 0 saturated carbocycles. The van der Waals surface area contributed by atoms with E-state index in [2.05, 4.69) is 4.74 Å². The van der Waals surface area contributed by atoms with Gasteiger partial charge in [0.05, 0.1) is 25.4 Å². The normalized spacial score (nSPS) is 43.2. The lowest BCUT2D eigenvalue weighted by molar-refractivity contribution is -0.166. The van der Waals surface area contributed by atoms with Gasteiger partial charge in [0, 0.05) is 6.42 Å². The van der Waals surface area contributed by atoms with Crippen LogP contribution in [0.15, 0.2) is 0 Å². The number of fused-ring (bicyclic) bond motifs is 2. The van der Waals surface area contributed by atoms with Crippen LogP contribution in [-0.2, 0) is 14.3 Å². The highest BCUT2D eigenvalue weighted by atomic mass is 16.5. The van der Waals surface area contributed by atoms with Crippen LogP contribution in [0.3, 0.4) is 0 Å². The Balaban J connectivity index is 2.11. The summed E-state index contributed by atoms with van der Waals surface area (Å²) in [6, 6.07) is 0. The number of carbonyl (C=O) groups is 1. The van der Waals surface area contributed by atoms with Crippen LogP contribution in [0.25, 0.3) is 0 Å². The number of carbonyl (C=O) groups excluding carboxylic acids is 1. The van der Waals surface area contributed by atoms with E-state index >= 15 is 0 Å². The Hall–Kier alpha value is -0.610. The van der Waals surface area contributed by atoms with E-state index in [0.29, 0.717) is 6.42 Å². The van der Waals surface area contributed by atoms with Crippen LogP contribution >= 0.6 is 0 Å². The van der Waals surface area contributed by atoms with Crippen molar-refractivity contribution in [2.45, 2.75) is 37.6 Å². The van der Waals surface area contributed by atoms with Crippen LogP contribution in [0, 0.1) is 5.92 Å². The number of ether oxygens (including phenoxy) is 2. The predicted octanol–water partition coefficient (Wildman–Crippen LogP) is 0.0878. The first-order valence-corrected chi connectivity index (χ1v) is 4.63. The van der Waals surface area contributed by atoms with Crippen molar-refractivity contribution in [2.24, 2.45) is 5.92 Å². The van der Waals surface area contributed by atoms with Crippen LogP contribution in [-0.4, -0.2) is 36.5 Å². The van der Waals surface area contributed by atoms with Gasteiger partial charge in [0.2, 0.25) is 0 Å². The molecule has 0 aromatic rings. The zero-order chi connectivity index (χ0) is 9.42. The summed E-state index contributed by atoms with van der Waals surface area (Å²) in [6.45, 7) is 0. The van der Waals surface area contributed by atoms with Crippen LogP contribution in [0.5, 0.6) is 0 Å². The molecule has 4 heteroatoms. The van der Waals surface area contributed by atoms with Gasteiger partial charge in [0.15, 0.2) is 0 Å². The first-order chi connectivity index (χ1) is 6.22. The second-order valence-electron chi connectivity index (χ2n) is 3.73. The third-order valence-electron chi connectivity index (χ3n) is 2.93. The van der Waals surface area contributed by atoms with E-state index in [9.17, 15) is 9.90 Å². The monoisotopic (exact) mass is 186 g/mol. The Labute approximate surface area is 76.8 Å². The average Bonchev–Trinajstić information content (AvgIpc) is 2.48. The summed E-state index contributed by atoms with van der Waals surface area (Å²) < 4.78 is 10.2. The minimum atomic E-state index is -0.585. The van der Waals surface area contributed by atoms with E-state index in [1.165, 1.54) is 7.11 Å². The molecule has 2 bridgehead atoms. The smallest absolute Gasteiger partial charge is 0.313 e. The third-order valence-corrected chi connectivity index (χ3v) is 2.93. The van der Waals surface area contributed by atoms with Gasteiger partial charge in [-0.15, -0.1) is 0 Å². The molecule has 0 aliphatic carbocycles. The van der Waals surface area contributed by atoms with E-state index < -0.39 is 12.0 Å². The molecule has 0 amide bonds. The molecule has 0 radical (unpaired) electrons. The molecule has 4 nitrogen and oxygen atoms in total. The highest BCUT2D eigenvalue weighted by Crippen LogP contribution is 2.37. The van der Waals surface area contributed by atoms with Crippen molar-refractivity contribution in [3.05, 3.63) is 0 Å². The maximum absolute atomic E-state index is 11.3. The van der Waals surface area contributed by atoms with Crippen molar-refractivity contribution >= 4 is 5.97 Å². The Morgan fingerprint density at radius 2 is 2.31 bits per heavy atom. The Morgan fingerprint density at radius 3 is 3.00 bits per heavy atom. The molecule has 0 aromatic carbocycles. The fraction of sp³-hybridized carbons (Fsp3) is 0.889. The molecule has 13 heavy (non-hydrogen) atoms. The predicted molar refractivity (Wildman–Crippen MR) is 44.0 cm³/mol. The second kappa shape index (κ2) is 3.27. The molecule has 1 N–H and O–H groups in total. The van der Waals surface area contributed by atoms with Gasteiger partial charge >= 0.3 is 5.97 Å². The number of esters is 1. The van der Waals surface area contributed by atoms with Gasteiger partial charge in [-0.3, -0.25) is 4.79 Å². The van der Waals surface area contributed by atoms with E-state index in [-0.39, 0.29) is 18.2 Å². The van der Waals surface area contributed by atoms with Gasteiger partial charge in [-0.1, -0.05) is 0 Å². The zero-order valence-corrected chi connectivity index (χ0v) is 7.60. The summed E-state index contributed by atoms with van der Waals surface area (Å²) in [5.41, 5.74) is 0.